The van der Waals surface area contributed by atoms with E-state index in [1.807, 2.05) is 18.2 Å². The van der Waals surface area contributed by atoms with Gasteiger partial charge in [0.1, 0.15) is 5.75 Å². The highest BCUT2D eigenvalue weighted by Crippen LogP contribution is 2.37. The quantitative estimate of drug-likeness (QED) is 0.0843. The van der Waals surface area contributed by atoms with Crippen molar-refractivity contribution in [2.24, 2.45) is 11.8 Å². The standard InChI is InChI=1S/C40H57N3O5/c44-35-20-18-33(34-19-21-37(46)42-39(34)35)36(45)28-41-24-12-4-2-1-3-5-13-25-43-26-22-30(23-27-43)29-48-40(47)38(31-14-8-6-9-15-31)32-16-10-7-11-17-32/h6,8-9,14-15,18-21,30,32,36,38,41,44-45H,1-5,7,10-13,16-17,22-29H2,(H,42,46). The van der Waals surface area contributed by atoms with Crippen LogP contribution in [0.3, 0.4) is 0 Å². The Morgan fingerprint density at radius 2 is 1.58 bits per heavy atom. The molecule has 1 saturated heterocycles. The lowest BCUT2D eigenvalue weighted by Gasteiger charge is -2.33. The largest absolute Gasteiger partial charge is 0.506 e. The van der Waals surface area contributed by atoms with Crippen molar-refractivity contribution in [3.8, 4) is 5.75 Å². The van der Waals surface area contributed by atoms with Crippen molar-refractivity contribution in [1.82, 2.24) is 15.2 Å². The predicted molar refractivity (Wildman–Crippen MR) is 192 cm³/mol. The SMILES string of the molecule is O=C(OCC1CCN(CCCCCCCCCNCC(O)c2ccc(O)c3[nH]c(=O)ccc23)CC1)C(c1ccccc1)C1CCCCC1. The minimum Gasteiger partial charge on any atom is -0.506 e. The van der Waals surface area contributed by atoms with Gasteiger partial charge in [0.25, 0.3) is 0 Å². The van der Waals surface area contributed by atoms with Crippen molar-refractivity contribution >= 4 is 16.9 Å². The number of H-pyrrole nitrogens is 1. The highest BCUT2D eigenvalue weighted by atomic mass is 16.5. The molecular formula is C40H57N3O5. The van der Waals surface area contributed by atoms with Gasteiger partial charge in [-0.15, -0.1) is 0 Å². The number of benzene rings is 2. The monoisotopic (exact) mass is 659 g/mol. The number of aromatic nitrogens is 1. The number of aliphatic hydroxyl groups excluding tert-OH is 1. The van der Waals surface area contributed by atoms with E-state index in [1.54, 1.807) is 12.1 Å². The minimum absolute atomic E-state index is 0.00446. The summed E-state index contributed by atoms with van der Waals surface area (Å²) >= 11 is 0. The molecule has 262 valence electrons. The van der Waals surface area contributed by atoms with E-state index in [9.17, 15) is 19.8 Å². The van der Waals surface area contributed by atoms with Crippen molar-refractivity contribution in [3.63, 3.8) is 0 Å². The van der Waals surface area contributed by atoms with E-state index in [0.29, 0.717) is 41.5 Å². The number of aromatic amines is 1. The Hall–Kier alpha value is -3.20. The number of piperidine rings is 1. The van der Waals surface area contributed by atoms with Gasteiger partial charge in [0.05, 0.1) is 24.1 Å². The van der Waals surface area contributed by atoms with Crippen LogP contribution < -0.4 is 10.9 Å². The Morgan fingerprint density at radius 1 is 0.875 bits per heavy atom. The highest BCUT2D eigenvalue weighted by molar-refractivity contribution is 5.87. The minimum atomic E-state index is -0.717. The van der Waals surface area contributed by atoms with E-state index in [1.165, 1.54) is 76.5 Å². The van der Waals surface area contributed by atoms with Crippen LogP contribution in [0, 0.1) is 11.8 Å². The van der Waals surface area contributed by atoms with Gasteiger partial charge in [0, 0.05) is 18.0 Å². The molecule has 2 unspecified atom stereocenters. The smallest absolute Gasteiger partial charge is 0.313 e. The normalized spacial score (nSPS) is 17.8. The zero-order chi connectivity index (χ0) is 33.6. The molecule has 0 amide bonds. The molecule has 2 aromatic carbocycles. The number of hydrogen-bond donors (Lipinski definition) is 4. The Bertz CT molecular complexity index is 1450. The average Bonchev–Trinajstić information content (AvgIpc) is 3.11. The summed E-state index contributed by atoms with van der Waals surface area (Å²) in [5, 5.41) is 24.8. The first-order chi connectivity index (χ1) is 23.5. The molecule has 2 heterocycles. The van der Waals surface area contributed by atoms with Gasteiger partial charge in [-0.2, -0.15) is 0 Å². The Labute approximate surface area is 286 Å². The molecule has 0 spiro atoms. The molecular weight excluding hydrogens is 602 g/mol. The van der Waals surface area contributed by atoms with Gasteiger partial charge in [0.15, 0.2) is 0 Å². The summed E-state index contributed by atoms with van der Waals surface area (Å²) in [6, 6.07) is 16.6. The van der Waals surface area contributed by atoms with Crippen molar-refractivity contribution in [1.29, 1.82) is 0 Å². The second-order valence-electron chi connectivity index (χ2n) is 14.2. The maximum atomic E-state index is 13.3. The maximum absolute atomic E-state index is 13.3. The van der Waals surface area contributed by atoms with Crippen molar-refractivity contribution in [2.75, 3.05) is 39.3 Å². The molecule has 2 fully saturated rings. The lowest BCUT2D eigenvalue weighted by Crippen LogP contribution is -2.36. The molecule has 5 rings (SSSR count). The number of ether oxygens (including phenoxy) is 1. The van der Waals surface area contributed by atoms with Gasteiger partial charge in [-0.1, -0.05) is 87.8 Å². The lowest BCUT2D eigenvalue weighted by atomic mass is 9.77. The second kappa shape index (κ2) is 19.1. The van der Waals surface area contributed by atoms with Crippen molar-refractivity contribution < 1.29 is 19.7 Å². The molecule has 8 heteroatoms. The molecule has 8 nitrogen and oxygen atoms in total. The predicted octanol–water partition coefficient (Wildman–Crippen LogP) is 7.21. The summed E-state index contributed by atoms with van der Waals surface area (Å²) in [5.74, 6) is 0.769. The number of nitrogens with one attached hydrogen (secondary N) is 2. The summed E-state index contributed by atoms with van der Waals surface area (Å²) in [6.45, 7) is 5.23. The van der Waals surface area contributed by atoms with E-state index in [2.05, 4.69) is 27.3 Å². The first kappa shape index (κ1) is 36.1. The molecule has 48 heavy (non-hydrogen) atoms. The Morgan fingerprint density at radius 3 is 2.33 bits per heavy atom. The number of unbranched alkanes of at least 4 members (excludes halogenated alkanes) is 6. The molecule has 4 N–H and O–H groups in total. The van der Waals surface area contributed by atoms with E-state index >= 15 is 0 Å². The Kier molecular flexibility index (Phi) is 14.4. The number of nitrogens with zero attached hydrogens (tertiary/aromatic N) is 1. The summed E-state index contributed by atoms with van der Waals surface area (Å²) in [5.41, 5.74) is 1.90. The first-order valence-corrected chi connectivity index (χ1v) is 18.7. The van der Waals surface area contributed by atoms with Crippen LogP contribution in [0.4, 0.5) is 0 Å². The van der Waals surface area contributed by atoms with E-state index in [4.69, 9.17) is 4.74 Å². The number of fused-ring (bicyclic) bond motifs is 1. The number of hydrogen-bond acceptors (Lipinski definition) is 7. The number of phenolic OH excluding ortho intramolecular Hbond substituents is 1. The fourth-order valence-electron chi connectivity index (χ4n) is 7.76. The molecule has 1 saturated carbocycles. The number of aromatic hydroxyl groups is 1. The second-order valence-corrected chi connectivity index (χ2v) is 14.2. The van der Waals surface area contributed by atoms with Crippen molar-refractivity contribution in [2.45, 2.75) is 102 Å². The number of carbonyl (C=O) groups excluding carboxylic acids is 1. The highest BCUT2D eigenvalue weighted by Gasteiger charge is 2.33. The van der Waals surface area contributed by atoms with E-state index in [0.717, 1.165) is 57.3 Å². The van der Waals surface area contributed by atoms with Gasteiger partial charge in [0.2, 0.25) is 5.56 Å². The third-order valence-corrected chi connectivity index (χ3v) is 10.6. The molecule has 3 aromatic rings. The first-order valence-electron chi connectivity index (χ1n) is 18.7. The Balaban J connectivity index is 0.874. The van der Waals surface area contributed by atoms with Gasteiger partial charge in [-0.05, 0) is 99.8 Å². The van der Waals surface area contributed by atoms with Crippen molar-refractivity contribution in [3.05, 3.63) is 76.1 Å². The van der Waals surface area contributed by atoms with Crippen LogP contribution in [0.15, 0.2) is 59.4 Å². The van der Waals surface area contributed by atoms with Gasteiger partial charge in [-0.3, -0.25) is 9.59 Å². The number of aliphatic hydroxyl groups is 1. The fraction of sp³-hybridized carbons (Fsp3) is 0.600. The number of likely N-dealkylation sites (tertiary alicyclic amines) is 1. The summed E-state index contributed by atoms with van der Waals surface area (Å²) in [7, 11) is 0. The van der Waals surface area contributed by atoms with Crippen LogP contribution in [0.25, 0.3) is 10.9 Å². The van der Waals surface area contributed by atoms with Gasteiger partial charge in [-0.25, -0.2) is 0 Å². The zero-order valence-electron chi connectivity index (χ0n) is 28.7. The maximum Gasteiger partial charge on any atom is 0.313 e. The zero-order valence-corrected chi connectivity index (χ0v) is 28.7. The number of carbonyl (C=O) groups is 1. The lowest BCUT2D eigenvalue weighted by molar-refractivity contribution is -0.149. The summed E-state index contributed by atoms with van der Waals surface area (Å²) in [4.78, 5) is 30.2. The topological polar surface area (TPSA) is 115 Å². The third-order valence-electron chi connectivity index (χ3n) is 10.6. The average molecular weight is 660 g/mol. The molecule has 0 radical (unpaired) electrons. The summed E-state index contributed by atoms with van der Waals surface area (Å²) in [6.07, 6.45) is 16.1. The molecule has 1 aliphatic carbocycles. The van der Waals surface area contributed by atoms with Gasteiger partial charge >= 0.3 is 5.97 Å². The number of esters is 1. The van der Waals surface area contributed by atoms with Gasteiger partial charge < -0.3 is 30.2 Å². The molecule has 2 aliphatic rings. The van der Waals surface area contributed by atoms with Crippen LogP contribution in [-0.4, -0.2) is 65.4 Å². The number of pyridine rings is 1. The molecule has 2 atom stereocenters. The third kappa shape index (κ3) is 10.6. The van der Waals surface area contributed by atoms with Crippen LogP contribution in [0.2, 0.25) is 0 Å². The van der Waals surface area contributed by atoms with E-state index in [-0.39, 0.29) is 23.2 Å². The number of phenols is 1. The number of rotatable bonds is 18. The van der Waals surface area contributed by atoms with Crippen LogP contribution >= 0.6 is 0 Å². The molecule has 0 bridgehead atoms. The fourth-order valence-corrected chi connectivity index (χ4v) is 7.76. The van der Waals surface area contributed by atoms with E-state index < -0.39 is 6.10 Å². The molecule has 1 aliphatic heterocycles. The summed E-state index contributed by atoms with van der Waals surface area (Å²) < 4.78 is 6.01. The van der Waals surface area contributed by atoms with Crippen LogP contribution in [0.5, 0.6) is 5.75 Å². The molecule has 1 aromatic heterocycles. The van der Waals surface area contributed by atoms with Crippen LogP contribution in [0.1, 0.15) is 113 Å². The van der Waals surface area contributed by atoms with Crippen LogP contribution in [-0.2, 0) is 9.53 Å².